The summed E-state index contributed by atoms with van der Waals surface area (Å²) in [7, 11) is 1.00. The third kappa shape index (κ3) is 19.6. The Balaban J connectivity index is -0.000000196. The predicted molar refractivity (Wildman–Crippen MR) is 76.6 cm³/mol. The van der Waals surface area contributed by atoms with Crippen molar-refractivity contribution in [3.05, 3.63) is 85.0 Å². The molecule has 0 aliphatic heterocycles. The molecule has 0 amide bonds. The number of aliphatic hydroxyl groups is 1. The van der Waals surface area contributed by atoms with Crippen molar-refractivity contribution >= 4 is 0 Å². The molecule has 0 bridgehead atoms. The molecule has 2 aliphatic rings. The van der Waals surface area contributed by atoms with Crippen molar-refractivity contribution in [3.8, 4) is 0 Å². The fraction of sp³-hybridized carbons (Fsp3) is 0.176. The Morgan fingerprint density at radius 2 is 1.25 bits per heavy atom. The largest absolute Gasteiger partial charge is 4.00 e. The second kappa shape index (κ2) is 23.4. The molecule has 0 fully saturated rings. The average molecular weight is 366 g/mol. The molecule has 1 nitrogen and oxygen atoms in total. The molecular weight excluding hydrogens is 347 g/mol. The predicted octanol–water partition coefficient (Wildman–Crippen LogP) is 0.708. The average Bonchev–Trinajstić information content (AvgIpc) is 3.21. The summed E-state index contributed by atoms with van der Waals surface area (Å²) in [6.07, 6.45) is 20.0. The van der Waals surface area contributed by atoms with Gasteiger partial charge in [-0.25, -0.2) is 24.3 Å². The number of hydrogen-bond donors (Lipinski definition) is 1. The van der Waals surface area contributed by atoms with Gasteiger partial charge in [0.05, 0.1) is 0 Å². The first-order valence-corrected chi connectivity index (χ1v) is 5.79. The smallest absolute Gasteiger partial charge is 1.00 e. The van der Waals surface area contributed by atoms with Gasteiger partial charge in [0.25, 0.3) is 0 Å². The van der Waals surface area contributed by atoms with E-state index in [-0.39, 0.29) is 38.6 Å². The third-order valence-electron chi connectivity index (χ3n) is 1.78. The van der Waals surface area contributed by atoms with Gasteiger partial charge in [-0.05, 0) is 0 Å². The zero-order chi connectivity index (χ0) is 13.3. The van der Waals surface area contributed by atoms with Crippen molar-refractivity contribution < 1.29 is 43.7 Å². The van der Waals surface area contributed by atoms with Gasteiger partial charge >= 0.3 is 26.2 Å². The van der Waals surface area contributed by atoms with Crippen molar-refractivity contribution in [2.45, 2.75) is 12.8 Å². The van der Waals surface area contributed by atoms with Gasteiger partial charge in [-0.2, -0.15) is 48.6 Å². The number of allylic oxidation sites excluding steroid dienone is 8. The summed E-state index contributed by atoms with van der Waals surface area (Å²) >= 11 is 0. The van der Waals surface area contributed by atoms with Crippen LogP contribution in [0, 0.1) is 18.2 Å². The summed E-state index contributed by atoms with van der Waals surface area (Å²) in [4.78, 5) is 0. The summed E-state index contributed by atoms with van der Waals surface area (Å²) in [5.74, 6) is 0. The zero-order valence-corrected chi connectivity index (χ0v) is 14.8. The van der Waals surface area contributed by atoms with E-state index in [1.807, 2.05) is 54.6 Å². The van der Waals surface area contributed by atoms with Gasteiger partial charge in [0, 0.05) is 7.11 Å². The van der Waals surface area contributed by atoms with Gasteiger partial charge in [0.1, 0.15) is 0 Å². The molecule has 0 heterocycles. The second-order valence-electron chi connectivity index (χ2n) is 3.08. The number of rotatable bonds is 0. The van der Waals surface area contributed by atoms with Crippen LogP contribution in [0.4, 0.5) is 0 Å². The van der Waals surface area contributed by atoms with Crippen LogP contribution in [-0.4, -0.2) is 12.2 Å². The Bertz CT molecular complexity index is 301. The van der Waals surface area contributed by atoms with E-state index in [2.05, 4.69) is 30.4 Å². The maximum absolute atomic E-state index is 7.00. The van der Waals surface area contributed by atoms with Gasteiger partial charge < -0.3 is 17.5 Å². The molecule has 0 spiro atoms. The van der Waals surface area contributed by atoms with E-state index in [4.69, 9.17) is 5.11 Å². The third-order valence-corrected chi connectivity index (χ3v) is 1.78. The topological polar surface area (TPSA) is 20.2 Å². The van der Waals surface area contributed by atoms with Crippen LogP contribution in [0.15, 0.2) is 66.8 Å². The van der Waals surface area contributed by atoms with E-state index in [9.17, 15) is 0 Å². The van der Waals surface area contributed by atoms with Crippen molar-refractivity contribution in [1.29, 1.82) is 0 Å². The summed E-state index contributed by atoms with van der Waals surface area (Å²) in [5.41, 5.74) is 0. The van der Waals surface area contributed by atoms with E-state index in [0.29, 0.717) is 0 Å². The fourth-order valence-corrected chi connectivity index (χ4v) is 1.02. The number of aliphatic hydroxyl groups excluding tert-OH is 1. The Hall–Kier alpha value is -0.687. The number of halogens is 1. The molecule has 3 heteroatoms. The van der Waals surface area contributed by atoms with Crippen molar-refractivity contribution in [3.63, 3.8) is 0 Å². The summed E-state index contributed by atoms with van der Waals surface area (Å²) < 4.78 is 0. The Labute approximate surface area is 148 Å². The van der Waals surface area contributed by atoms with Crippen LogP contribution in [0.25, 0.3) is 0 Å². The second-order valence-corrected chi connectivity index (χ2v) is 3.08. The minimum absolute atomic E-state index is 0. The molecule has 2 aliphatic carbocycles. The Morgan fingerprint density at radius 3 is 1.35 bits per heavy atom. The van der Waals surface area contributed by atoms with Crippen LogP contribution in [0.5, 0.6) is 0 Å². The van der Waals surface area contributed by atoms with Crippen molar-refractivity contribution in [2.24, 2.45) is 0 Å². The quantitative estimate of drug-likeness (QED) is 0.671. The molecule has 0 saturated heterocycles. The first kappa shape index (κ1) is 24.3. The van der Waals surface area contributed by atoms with Crippen LogP contribution in [0.3, 0.4) is 0 Å². The summed E-state index contributed by atoms with van der Waals surface area (Å²) in [6, 6.07) is 12.5. The van der Waals surface area contributed by atoms with Gasteiger partial charge in [0.15, 0.2) is 0 Å². The summed E-state index contributed by atoms with van der Waals surface area (Å²) in [6.45, 7) is 0. The van der Waals surface area contributed by atoms with E-state index in [1.54, 1.807) is 0 Å². The van der Waals surface area contributed by atoms with Gasteiger partial charge in [-0.1, -0.05) is 0 Å². The maximum Gasteiger partial charge on any atom is 4.00 e. The van der Waals surface area contributed by atoms with Crippen LogP contribution >= 0.6 is 0 Å². The van der Waals surface area contributed by atoms with Gasteiger partial charge in [0.2, 0.25) is 0 Å². The van der Waals surface area contributed by atoms with E-state index in [0.717, 1.165) is 20.0 Å². The molecule has 1 aromatic carbocycles. The number of hydrogen-bond acceptors (Lipinski definition) is 1. The van der Waals surface area contributed by atoms with Crippen LogP contribution in [-0.2, 0) is 26.2 Å². The Kier molecular flexibility index (Phi) is 28.5. The summed E-state index contributed by atoms with van der Waals surface area (Å²) in [5, 5.41) is 7.00. The van der Waals surface area contributed by atoms with Crippen LogP contribution in [0.1, 0.15) is 12.8 Å². The van der Waals surface area contributed by atoms with E-state index < -0.39 is 0 Å². The molecule has 0 unspecified atom stereocenters. The standard InChI is InChI=1S/C6H5.2C5H5.CH4O.ClH.Zr/c1-2-4-6-5-3-1;2*1-2-4-5-3-1;1-2;;/h1-5H;2*1-3H,4H2;2H,1H3;1H;/q3*-1;;;+4/p-1. The van der Waals surface area contributed by atoms with Crippen LogP contribution in [0.2, 0.25) is 0 Å². The van der Waals surface area contributed by atoms with Crippen LogP contribution < -0.4 is 12.4 Å². The molecule has 0 atom stereocenters. The monoisotopic (exact) mass is 364 g/mol. The minimum atomic E-state index is 0. The molecule has 1 N–H and O–H groups in total. The van der Waals surface area contributed by atoms with Gasteiger partial charge in [-0.3, -0.25) is 12.2 Å². The fourth-order valence-electron chi connectivity index (χ4n) is 1.02. The molecule has 3 rings (SSSR count). The molecule has 20 heavy (non-hydrogen) atoms. The van der Waals surface area contributed by atoms with Crippen molar-refractivity contribution in [2.75, 3.05) is 7.11 Å². The Morgan fingerprint density at radius 1 is 0.800 bits per heavy atom. The first-order valence-electron chi connectivity index (χ1n) is 5.79. The molecule has 1 aromatic rings. The normalized spacial score (nSPS) is 11.5. The molecular formula is C17H19ClOZr. The SMILES string of the molecule is CO.[C-]1=CC=CC1.[C-]1=CC=CC1.[Cl-].[Zr+4].[c-]1ccccc1. The first-order chi connectivity index (χ1) is 9.00. The van der Waals surface area contributed by atoms with E-state index in [1.165, 1.54) is 0 Å². The van der Waals surface area contributed by atoms with Gasteiger partial charge in [-0.15, -0.1) is 12.8 Å². The maximum atomic E-state index is 7.00. The minimum Gasteiger partial charge on any atom is -1.00 e. The molecule has 104 valence electrons. The zero-order valence-electron chi connectivity index (χ0n) is 11.6. The van der Waals surface area contributed by atoms with E-state index >= 15 is 0 Å². The molecule has 0 saturated carbocycles. The molecule has 0 aromatic heterocycles. The van der Waals surface area contributed by atoms with Crippen molar-refractivity contribution in [1.82, 2.24) is 0 Å². The number of benzene rings is 1. The molecule has 0 radical (unpaired) electrons.